The summed E-state index contributed by atoms with van der Waals surface area (Å²) in [6, 6.07) is 28.1. The Morgan fingerprint density at radius 1 is 0.648 bits per heavy atom. The van der Waals surface area contributed by atoms with Gasteiger partial charge in [0.15, 0.2) is 58.8 Å². The summed E-state index contributed by atoms with van der Waals surface area (Å²) in [5.41, 5.74) is 0.367. The van der Waals surface area contributed by atoms with Gasteiger partial charge >= 0.3 is 6.80 Å². The molecule has 11 rings (SSSR count). The summed E-state index contributed by atoms with van der Waals surface area (Å²) in [5.74, 6) is -1.49. The van der Waals surface area contributed by atoms with Crippen LogP contribution >= 0.6 is 36.1 Å². The Hall–Kier alpha value is -8.02. The Bertz CT molecular complexity index is 3780. The van der Waals surface area contributed by atoms with Gasteiger partial charge in [0.25, 0.3) is 29.8 Å². The molecule has 0 radical (unpaired) electrons. The van der Waals surface area contributed by atoms with Gasteiger partial charge in [-0.3, -0.25) is 57.8 Å². The standard InChI is InChI=1S/C56H52F2N12O14P2S2/c1-3-24-65(53(71)35-15-7-5-8-16-35)49-45-51(61-30-59-49)67(32-63-45)55-43(57)47-41(81-55)23-26-80-86(78,88-29-38-20-12-14-22-40(38)70(75)76)84-48-42(27-79-34-85(77,83-47)87-28-37-19-11-13-21-39(37)69(73)74)82-56(44(48)58)68-33-64-46-50(60-31-62-52(46)68)66(25-4-2)54(72)36-17-9-6-10-18-36/h3-22,30-33,41-44,47-48,55-56H,1-2,23-29,34H2/t41-,42-,43-,44-,47-,48-,55?,56?,85-,86+/m1/s1. The molecule has 3 saturated heterocycles. The van der Waals surface area contributed by atoms with Crippen molar-refractivity contribution in [2.45, 2.75) is 67.1 Å². The molecule has 0 saturated carbocycles. The molecule has 7 heterocycles. The van der Waals surface area contributed by atoms with Gasteiger partial charge in [0.1, 0.15) is 37.3 Å². The third-order valence-corrected chi connectivity index (χ3v) is 22.0. The maximum absolute atomic E-state index is 17.8. The van der Waals surface area contributed by atoms with E-state index in [4.69, 9.17) is 27.8 Å². The summed E-state index contributed by atoms with van der Waals surface area (Å²) in [6.45, 7) is -3.00. The second-order valence-electron chi connectivity index (χ2n) is 19.8. The van der Waals surface area contributed by atoms with Crippen LogP contribution in [0.3, 0.4) is 0 Å². The number of ether oxygens (including phenoxy) is 3. The van der Waals surface area contributed by atoms with Crippen LogP contribution in [0.2, 0.25) is 0 Å². The molecule has 456 valence electrons. The maximum Gasteiger partial charge on any atom is 0.389 e. The van der Waals surface area contributed by atoms with Crippen LogP contribution in [0, 0.1) is 20.2 Å². The average Bonchev–Trinajstić information content (AvgIpc) is 2.07. The minimum Gasteiger partial charge on any atom is -0.368 e. The average molecular weight is 1280 g/mol. The number of carbonyl (C=O) groups excluding carboxylic acids is 2. The molecule has 0 bridgehead atoms. The largest absolute Gasteiger partial charge is 0.389 e. The minimum atomic E-state index is -4.78. The number of benzene rings is 4. The first kappa shape index (κ1) is 61.6. The van der Waals surface area contributed by atoms with Gasteiger partial charge in [0, 0.05) is 65.4 Å². The van der Waals surface area contributed by atoms with E-state index in [9.17, 15) is 29.8 Å². The molecule has 2 unspecified atom stereocenters. The van der Waals surface area contributed by atoms with Crippen LogP contribution in [0.1, 0.15) is 50.7 Å². The van der Waals surface area contributed by atoms with Gasteiger partial charge in [0.05, 0.1) is 41.8 Å². The molecule has 26 nitrogen and oxygen atoms in total. The van der Waals surface area contributed by atoms with Crippen LogP contribution in [-0.4, -0.2) is 130 Å². The van der Waals surface area contributed by atoms with Crippen molar-refractivity contribution in [3.63, 3.8) is 0 Å². The number of carbonyl (C=O) groups is 2. The van der Waals surface area contributed by atoms with E-state index in [1.807, 2.05) is 0 Å². The van der Waals surface area contributed by atoms with E-state index < -0.39 is 110 Å². The molecule has 3 aliphatic heterocycles. The lowest BCUT2D eigenvalue weighted by molar-refractivity contribution is -0.385. The lowest BCUT2D eigenvalue weighted by Gasteiger charge is -2.29. The molecule has 4 aromatic carbocycles. The summed E-state index contributed by atoms with van der Waals surface area (Å²) in [4.78, 5) is 80.1. The molecule has 0 aliphatic carbocycles. The van der Waals surface area contributed by atoms with Crippen molar-refractivity contribution < 1.29 is 65.1 Å². The van der Waals surface area contributed by atoms with Gasteiger partial charge in [-0.05, 0) is 35.6 Å². The fourth-order valence-electron chi connectivity index (χ4n) is 10.2. The molecule has 0 spiro atoms. The van der Waals surface area contributed by atoms with Crippen LogP contribution < -0.4 is 9.80 Å². The number of fused-ring (bicyclic) bond motifs is 4. The van der Waals surface area contributed by atoms with Crippen molar-refractivity contribution in [3.8, 4) is 0 Å². The molecule has 10 atom stereocenters. The summed E-state index contributed by atoms with van der Waals surface area (Å²) in [6.07, 6.45) is -8.06. The summed E-state index contributed by atoms with van der Waals surface area (Å²) >= 11 is 1.11. The number of nitro benzene ring substituents is 2. The van der Waals surface area contributed by atoms with E-state index in [-0.39, 0.29) is 81.1 Å². The molecule has 8 aromatic rings. The summed E-state index contributed by atoms with van der Waals surface area (Å²) in [7, 11) is 0. The van der Waals surface area contributed by atoms with E-state index in [2.05, 4.69) is 43.1 Å². The number of alkyl halides is 2. The molecule has 0 N–H and O–H groups in total. The number of para-hydroxylation sites is 2. The van der Waals surface area contributed by atoms with Crippen LogP contribution in [0.5, 0.6) is 0 Å². The smallest absolute Gasteiger partial charge is 0.368 e. The highest BCUT2D eigenvalue weighted by molar-refractivity contribution is 8.56. The number of nitro groups is 2. The first-order valence-corrected chi connectivity index (χ1v) is 33.5. The topological polar surface area (TPSA) is 304 Å². The highest BCUT2D eigenvalue weighted by atomic mass is 32.7. The number of nitrogens with zero attached hydrogens (tertiary/aromatic N) is 12. The Morgan fingerprint density at radius 3 is 1.61 bits per heavy atom. The van der Waals surface area contributed by atoms with Crippen LogP contribution in [-0.2, 0) is 48.4 Å². The van der Waals surface area contributed by atoms with Crippen molar-refractivity contribution >= 4 is 93.3 Å². The number of hydrogen-bond acceptors (Lipinski definition) is 22. The zero-order valence-corrected chi connectivity index (χ0v) is 49.5. The number of hydrogen-bond donors (Lipinski definition) is 0. The number of rotatable bonds is 18. The van der Waals surface area contributed by atoms with Gasteiger partial charge in [-0.25, -0.2) is 43.2 Å². The van der Waals surface area contributed by atoms with Crippen LogP contribution in [0.15, 0.2) is 160 Å². The first-order chi connectivity index (χ1) is 42.6. The highest BCUT2D eigenvalue weighted by Gasteiger charge is 2.54. The van der Waals surface area contributed by atoms with Crippen molar-refractivity contribution in [2.24, 2.45) is 0 Å². The second-order valence-corrected chi connectivity index (χ2v) is 28.5. The Morgan fingerprint density at radius 2 is 1.11 bits per heavy atom. The van der Waals surface area contributed by atoms with E-state index in [0.717, 1.165) is 12.7 Å². The number of halogens is 2. The maximum atomic E-state index is 17.8. The van der Waals surface area contributed by atoms with Crippen molar-refractivity contribution in [3.05, 3.63) is 202 Å². The first-order valence-electron chi connectivity index (χ1n) is 27.0. The zero-order chi connectivity index (χ0) is 61.7. The number of aromatic nitrogens is 8. The quantitative estimate of drug-likeness (QED) is 0.0333. The van der Waals surface area contributed by atoms with E-state index in [0.29, 0.717) is 33.9 Å². The summed E-state index contributed by atoms with van der Waals surface area (Å²) < 4.78 is 107. The van der Waals surface area contributed by atoms with Crippen LogP contribution in [0.4, 0.5) is 31.8 Å². The van der Waals surface area contributed by atoms with Crippen molar-refractivity contribution in [1.29, 1.82) is 0 Å². The predicted molar refractivity (Wildman–Crippen MR) is 320 cm³/mol. The van der Waals surface area contributed by atoms with E-state index in [1.165, 1.54) is 86.2 Å². The molecule has 2 amide bonds. The Kier molecular flexibility index (Phi) is 18.7. The van der Waals surface area contributed by atoms with E-state index >= 15 is 17.9 Å². The third-order valence-electron chi connectivity index (χ3n) is 14.3. The lowest BCUT2D eigenvalue weighted by atomic mass is 10.1. The Balaban J connectivity index is 0.946. The highest BCUT2D eigenvalue weighted by Crippen LogP contribution is 2.66. The van der Waals surface area contributed by atoms with Gasteiger partial charge in [0.2, 0.25) is 0 Å². The normalized spacial score (nSPS) is 24.8. The molecule has 3 aliphatic rings. The van der Waals surface area contributed by atoms with Gasteiger partial charge < -0.3 is 23.3 Å². The van der Waals surface area contributed by atoms with Crippen molar-refractivity contribution in [2.75, 3.05) is 42.5 Å². The third kappa shape index (κ3) is 12.8. The van der Waals surface area contributed by atoms with Gasteiger partial charge in [-0.15, -0.1) is 13.2 Å². The molecular formula is C56H52F2N12O14P2S2. The number of amides is 2. The van der Waals surface area contributed by atoms with Gasteiger partial charge in [-0.2, -0.15) is 0 Å². The zero-order valence-electron chi connectivity index (χ0n) is 46.1. The summed E-state index contributed by atoms with van der Waals surface area (Å²) in [5, 5.41) is 24.3. The molecule has 4 aromatic heterocycles. The SMILES string of the molecule is C=CCN(C(=O)c1ccccc1)c1ncnc2c1ncn2C1O[C@@H]2COC[P@](=O)(SCc3ccccc3[N+](=O)[O-])O[C@@H]3[C@@H](CCO[P@](=O)(SCc4ccccc4[N+](=O)[O-])O[C@H]2[C@H]1F)OC(n1cnc2c(N(CC=C)C(=O)c4ccccc4)ncnc21)[C@@H]3F. The predicted octanol–water partition coefficient (Wildman–Crippen LogP) is 11.0. The van der Waals surface area contributed by atoms with Gasteiger partial charge in [-0.1, -0.05) is 96.3 Å². The monoisotopic (exact) mass is 1280 g/mol. The molecular weight excluding hydrogens is 1230 g/mol. The van der Waals surface area contributed by atoms with Crippen LogP contribution in [0.25, 0.3) is 22.3 Å². The second kappa shape index (κ2) is 26.8. The molecule has 32 heteroatoms. The number of imidazole rings is 2. The Labute approximate surface area is 507 Å². The number of anilines is 2. The fourth-order valence-corrected chi connectivity index (χ4v) is 17.3. The molecule has 88 heavy (non-hydrogen) atoms. The minimum absolute atomic E-state index is 0.00530. The van der Waals surface area contributed by atoms with Crippen molar-refractivity contribution in [1.82, 2.24) is 39.0 Å². The van der Waals surface area contributed by atoms with E-state index in [1.54, 1.807) is 66.7 Å². The lowest BCUT2D eigenvalue weighted by Crippen LogP contribution is -2.35. The fraction of sp³-hybridized carbons (Fsp3) is 0.286. The molecule has 3 fully saturated rings.